The summed E-state index contributed by atoms with van der Waals surface area (Å²) in [6, 6.07) is 94.9. The van der Waals surface area contributed by atoms with Gasteiger partial charge in [-0.1, -0.05) is 164 Å². The molecule has 0 aliphatic heterocycles. The molecule has 13 aromatic rings. The Balaban J connectivity index is 1.00. The molecule has 0 fully saturated rings. The lowest BCUT2D eigenvalue weighted by Crippen LogP contribution is -2.10. The van der Waals surface area contributed by atoms with Crippen molar-refractivity contribution in [2.75, 3.05) is 9.80 Å². The maximum Gasteiger partial charge on any atom is 0.0542 e. The zero-order chi connectivity index (χ0) is 44.3. The summed E-state index contributed by atoms with van der Waals surface area (Å²) >= 11 is 0. The van der Waals surface area contributed by atoms with Crippen molar-refractivity contribution in [1.29, 1.82) is 0 Å². The van der Waals surface area contributed by atoms with Crippen LogP contribution in [-0.2, 0) is 0 Å². The van der Waals surface area contributed by atoms with Gasteiger partial charge in [-0.15, -0.1) is 0 Å². The molecular weight excluding hydrogens is 811 g/mol. The van der Waals surface area contributed by atoms with Crippen LogP contribution < -0.4 is 9.80 Å². The van der Waals surface area contributed by atoms with E-state index in [1.165, 1.54) is 59.4 Å². The van der Waals surface area contributed by atoms with Crippen molar-refractivity contribution in [2.24, 2.45) is 0 Å². The van der Waals surface area contributed by atoms with Gasteiger partial charge in [0.2, 0.25) is 0 Å². The highest BCUT2D eigenvalue weighted by atomic mass is 15.1. The average molecular weight is 854 g/mol. The van der Waals surface area contributed by atoms with Crippen molar-refractivity contribution < 1.29 is 0 Å². The first kappa shape index (κ1) is 38.5. The second-order valence-electron chi connectivity index (χ2n) is 17.3. The average Bonchev–Trinajstić information content (AvgIpc) is 3.73. The van der Waals surface area contributed by atoms with Crippen LogP contribution in [0.15, 0.2) is 261 Å². The van der Waals surface area contributed by atoms with Gasteiger partial charge in [0, 0.05) is 50.3 Å². The number of benzene rings is 12. The molecule has 0 spiro atoms. The molecule has 12 aromatic carbocycles. The molecule has 0 aliphatic carbocycles. The Morgan fingerprint density at radius 2 is 0.687 bits per heavy atom. The molecule has 3 heteroatoms. The van der Waals surface area contributed by atoms with Gasteiger partial charge in [0.05, 0.1) is 16.7 Å². The van der Waals surface area contributed by atoms with E-state index >= 15 is 0 Å². The summed E-state index contributed by atoms with van der Waals surface area (Å²) in [5.74, 6) is 0. The Morgan fingerprint density at radius 1 is 0.239 bits per heavy atom. The van der Waals surface area contributed by atoms with E-state index in [1.807, 2.05) is 0 Å². The summed E-state index contributed by atoms with van der Waals surface area (Å²) in [4.78, 5) is 4.72. The van der Waals surface area contributed by atoms with Crippen LogP contribution in [-0.4, -0.2) is 4.57 Å². The van der Waals surface area contributed by atoms with Crippen LogP contribution in [0.5, 0.6) is 0 Å². The van der Waals surface area contributed by atoms with Crippen molar-refractivity contribution in [3.05, 3.63) is 261 Å². The Hall–Kier alpha value is -8.92. The third-order valence-corrected chi connectivity index (χ3v) is 13.5. The molecule has 3 nitrogen and oxygen atoms in total. The summed E-state index contributed by atoms with van der Waals surface area (Å²) < 4.78 is 2.46. The van der Waals surface area contributed by atoms with E-state index in [0.717, 1.165) is 56.4 Å². The van der Waals surface area contributed by atoms with Gasteiger partial charge in [0.1, 0.15) is 0 Å². The van der Waals surface area contributed by atoms with Gasteiger partial charge < -0.3 is 14.4 Å². The Kier molecular flexibility index (Phi) is 9.17. The van der Waals surface area contributed by atoms with Crippen LogP contribution in [0.4, 0.5) is 34.1 Å². The smallest absolute Gasteiger partial charge is 0.0542 e. The van der Waals surface area contributed by atoms with Gasteiger partial charge in [-0.25, -0.2) is 0 Å². The summed E-state index contributed by atoms with van der Waals surface area (Å²) in [5, 5.41) is 12.4. The summed E-state index contributed by atoms with van der Waals surface area (Å²) in [6.45, 7) is 0. The minimum atomic E-state index is 1.10. The lowest BCUT2D eigenvalue weighted by molar-refractivity contribution is 1.18. The minimum absolute atomic E-state index is 1.10. The van der Waals surface area contributed by atoms with Crippen molar-refractivity contribution in [2.45, 2.75) is 0 Å². The number of rotatable bonds is 8. The monoisotopic (exact) mass is 853 g/mol. The van der Waals surface area contributed by atoms with Crippen molar-refractivity contribution in [1.82, 2.24) is 4.57 Å². The first-order valence-corrected chi connectivity index (χ1v) is 23.0. The predicted molar refractivity (Wildman–Crippen MR) is 286 cm³/mol. The maximum absolute atomic E-state index is 2.46. The molecule has 0 radical (unpaired) electrons. The van der Waals surface area contributed by atoms with E-state index in [4.69, 9.17) is 0 Å². The van der Waals surface area contributed by atoms with E-state index in [-0.39, 0.29) is 0 Å². The van der Waals surface area contributed by atoms with Gasteiger partial charge in [-0.2, -0.15) is 0 Å². The number of nitrogens with zero attached hydrogens (tertiary/aromatic N) is 3. The molecule has 0 N–H and O–H groups in total. The summed E-state index contributed by atoms with van der Waals surface area (Å²) in [5.41, 5.74) is 12.5. The third kappa shape index (κ3) is 6.51. The maximum atomic E-state index is 2.46. The molecule has 67 heavy (non-hydrogen) atoms. The second-order valence-corrected chi connectivity index (χ2v) is 17.3. The van der Waals surface area contributed by atoms with E-state index in [0.29, 0.717) is 0 Å². The van der Waals surface area contributed by atoms with E-state index in [1.54, 1.807) is 0 Å². The standard InChI is InChI=1S/C64H43N3/c1-4-19-47(20-5-1)65(48-21-6-2-7-22-48)51-37-40-64-61(43-51)60-41-46(44-31-34-50(35-32-44)66(49-23-8-3-9-24-49)62-30-16-18-45-17-10-11-25-53(45)62)33-39-63(60)67(64)52-36-38-58-56-28-13-12-26-54(56)55-27-14-15-29-57(55)59(58)42-52/h1-43H. The van der Waals surface area contributed by atoms with Crippen LogP contribution in [0.2, 0.25) is 0 Å². The van der Waals surface area contributed by atoms with Crippen molar-refractivity contribution in [3.8, 4) is 16.8 Å². The minimum Gasteiger partial charge on any atom is -0.310 e. The number of fused-ring (bicyclic) bond motifs is 10. The van der Waals surface area contributed by atoms with Gasteiger partial charge in [0.25, 0.3) is 0 Å². The number of hydrogen-bond acceptors (Lipinski definition) is 2. The van der Waals surface area contributed by atoms with E-state index in [9.17, 15) is 0 Å². The molecule has 0 saturated heterocycles. The van der Waals surface area contributed by atoms with E-state index < -0.39 is 0 Å². The number of para-hydroxylation sites is 3. The highest BCUT2D eigenvalue weighted by Gasteiger charge is 2.20. The van der Waals surface area contributed by atoms with Crippen LogP contribution in [0.3, 0.4) is 0 Å². The first-order chi connectivity index (χ1) is 33.2. The summed E-state index contributed by atoms with van der Waals surface area (Å²) in [6.07, 6.45) is 0. The van der Waals surface area contributed by atoms with Gasteiger partial charge in [-0.3, -0.25) is 0 Å². The van der Waals surface area contributed by atoms with Crippen molar-refractivity contribution >= 4 is 99.0 Å². The molecule has 0 saturated carbocycles. The normalized spacial score (nSPS) is 11.6. The van der Waals surface area contributed by atoms with Crippen LogP contribution >= 0.6 is 0 Å². The Labute approximate surface area is 389 Å². The quantitative estimate of drug-likeness (QED) is 0.141. The fourth-order valence-electron chi connectivity index (χ4n) is 10.5. The molecule has 13 rings (SSSR count). The van der Waals surface area contributed by atoms with Crippen molar-refractivity contribution in [3.63, 3.8) is 0 Å². The summed E-state index contributed by atoms with van der Waals surface area (Å²) in [7, 11) is 0. The zero-order valence-electron chi connectivity index (χ0n) is 36.7. The molecule has 0 bridgehead atoms. The second kappa shape index (κ2) is 16.0. The van der Waals surface area contributed by atoms with Crippen LogP contribution in [0.25, 0.3) is 81.7 Å². The molecule has 0 unspecified atom stereocenters. The number of anilines is 6. The molecule has 1 heterocycles. The van der Waals surface area contributed by atoms with E-state index in [2.05, 4.69) is 275 Å². The van der Waals surface area contributed by atoms with Gasteiger partial charge >= 0.3 is 0 Å². The topological polar surface area (TPSA) is 11.4 Å². The third-order valence-electron chi connectivity index (χ3n) is 13.5. The number of aromatic nitrogens is 1. The lowest BCUT2D eigenvalue weighted by Gasteiger charge is -2.27. The highest BCUT2D eigenvalue weighted by Crippen LogP contribution is 2.44. The van der Waals surface area contributed by atoms with Gasteiger partial charge in [-0.05, 0) is 146 Å². The molecule has 1 aromatic heterocycles. The fraction of sp³-hybridized carbons (Fsp3) is 0. The zero-order valence-corrected chi connectivity index (χ0v) is 36.7. The number of hydrogen-bond donors (Lipinski definition) is 0. The molecule has 0 amide bonds. The Bertz CT molecular complexity index is 3890. The largest absolute Gasteiger partial charge is 0.310 e. The fourth-order valence-corrected chi connectivity index (χ4v) is 10.5. The molecular formula is C64H43N3. The lowest BCUT2D eigenvalue weighted by atomic mass is 9.94. The SMILES string of the molecule is c1ccc(N(c2ccccc2)c2ccc3c(c2)c2cc(-c4ccc(N(c5ccccc5)c5cccc6ccccc56)cc4)ccc2n3-c2ccc3c4ccccc4c4ccccc4c3c2)cc1. The predicted octanol–water partition coefficient (Wildman–Crippen LogP) is 18.0. The highest BCUT2D eigenvalue weighted by molar-refractivity contribution is 6.25. The van der Waals surface area contributed by atoms with Gasteiger partial charge in [0.15, 0.2) is 0 Å². The van der Waals surface area contributed by atoms with Crippen LogP contribution in [0, 0.1) is 0 Å². The molecule has 0 atom stereocenters. The van der Waals surface area contributed by atoms with Crippen LogP contribution in [0.1, 0.15) is 0 Å². The molecule has 314 valence electrons. The Morgan fingerprint density at radius 3 is 1.31 bits per heavy atom. The first-order valence-electron chi connectivity index (χ1n) is 23.0. The molecule has 0 aliphatic rings.